The number of benzene rings is 1. The van der Waals surface area contributed by atoms with Gasteiger partial charge in [0.15, 0.2) is 0 Å². The quantitative estimate of drug-likeness (QED) is 0.553. The van der Waals surface area contributed by atoms with Crippen LogP contribution in [0.15, 0.2) is 24.3 Å². The van der Waals surface area contributed by atoms with Gasteiger partial charge in [-0.1, -0.05) is 19.1 Å². The van der Waals surface area contributed by atoms with Crippen LogP contribution in [-0.2, 0) is 0 Å². The first-order valence-corrected chi connectivity index (χ1v) is 7.89. The number of nitrogens with zero attached hydrogens (tertiary/aromatic N) is 2. The standard InChI is InChI=1S/C16H23N2S.K/c1-4-9-17(3)10-11-18(5-2)15-7-6-14-8-12-19-16(14)13-15;/h6-8,13H,4-5,9-11H2,1-3H3;/q-1;+1. The first-order chi connectivity index (χ1) is 9.24. The van der Waals surface area contributed by atoms with E-state index in [1.807, 2.05) is 0 Å². The third-order valence-corrected chi connectivity index (χ3v) is 4.29. The van der Waals surface area contributed by atoms with Gasteiger partial charge in [-0.2, -0.15) is 11.5 Å². The van der Waals surface area contributed by atoms with E-state index in [9.17, 15) is 0 Å². The first-order valence-electron chi connectivity index (χ1n) is 7.07. The molecular formula is C16H23KN2S. The number of likely N-dealkylation sites (N-methyl/N-ethyl adjacent to an activating group) is 2. The number of thiophene rings is 1. The summed E-state index contributed by atoms with van der Waals surface area (Å²) < 4.78 is 1.33. The van der Waals surface area contributed by atoms with Crippen LogP contribution in [0.5, 0.6) is 0 Å². The Morgan fingerprint density at radius 2 is 1.95 bits per heavy atom. The minimum absolute atomic E-state index is 0. The smallest absolute Gasteiger partial charge is 0.371 e. The molecule has 0 bridgehead atoms. The molecule has 2 nitrogen and oxygen atoms in total. The molecule has 20 heavy (non-hydrogen) atoms. The van der Waals surface area contributed by atoms with Gasteiger partial charge < -0.3 is 9.80 Å². The minimum Gasteiger partial charge on any atom is -0.371 e. The van der Waals surface area contributed by atoms with Crippen LogP contribution in [0.2, 0.25) is 0 Å². The Labute approximate surface area is 169 Å². The summed E-state index contributed by atoms with van der Waals surface area (Å²) in [5.74, 6) is 0. The van der Waals surface area contributed by atoms with Crippen LogP contribution in [0.3, 0.4) is 0 Å². The second kappa shape index (κ2) is 9.56. The summed E-state index contributed by atoms with van der Waals surface area (Å²) in [4.78, 5) is 4.85. The van der Waals surface area contributed by atoms with Crippen molar-refractivity contribution in [3.8, 4) is 0 Å². The first kappa shape index (κ1) is 18.6. The molecule has 2 aromatic rings. The van der Waals surface area contributed by atoms with Crippen LogP contribution in [-0.4, -0.2) is 38.1 Å². The molecule has 1 heterocycles. The van der Waals surface area contributed by atoms with E-state index in [0.717, 1.165) is 19.6 Å². The predicted molar refractivity (Wildman–Crippen MR) is 86.3 cm³/mol. The molecule has 1 aromatic carbocycles. The van der Waals surface area contributed by atoms with Crippen molar-refractivity contribution >= 4 is 27.1 Å². The Bertz CT molecular complexity index is 512. The van der Waals surface area contributed by atoms with Gasteiger partial charge in [0, 0.05) is 25.3 Å². The summed E-state index contributed by atoms with van der Waals surface area (Å²) in [6.45, 7) is 8.90. The van der Waals surface area contributed by atoms with E-state index in [0.29, 0.717) is 0 Å². The van der Waals surface area contributed by atoms with Crippen LogP contribution in [0.1, 0.15) is 20.3 Å². The predicted octanol–water partition coefficient (Wildman–Crippen LogP) is 0.874. The maximum Gasteiger partial charge on any atom is 1.00 e. The van der Waals surface area contributed by atoms with E-state index in [1.54, 1.807) is 11.3 Å². The molecule has 0 aliphatic rings. The molecular weight excluding hydrogens is 291 g/mol. The van der Waals surface area contributed by atoms with Crippen molar-refractivity contribution in [1.82, 2.24) is 4.90 Å². The van der Waals surface area contributed by atoms with Crippen LogP contribution in [0, 0.1) is 5.38 Å². The molecule has 0 atom stereocenters. The Hall–Kier alpha value is 0.576. The Balaban J connectivity index is 0.00000200. The fourth-order valence-corrected chi connectivity index (χ4v) is 3.08. The van der Waals surface area contributed by atoms with Crippen LogP contribution in [0.25, 0.3) is 10.1 Å². The maximum absolute atomic E-state index is 3.20. The van der Waals surface area contributed by atoms with Crippen molar-refractivity contribution in [1.29, 1.82) is 0 Å². The Morgan fingerprint density at radius 3 is 2.65 bits per heavy atom. The van der Waals surface area contributed by atoms with Gasteiger partial charge in [0.05, 0.1) is 0 Å². The molecule has 0 aliphatic carbocycles. The molecule has 0 amide bonds. The minimum atomic E-state index is 0. The second-order valence-electron chi connectivity index (χ2n) is 4.97. The average molecular weight is 315 g/mol. The summed E-state index contributed by atoms with van der Waals surface area (Å²) in [5, 5.41) is 4.50. The summed E-state index contributed by atoms with van der Waals surface area (Å²) in [5.41, 5.74) is 1.33. The summed E-state index contributed by atoms with van der Waals surface area (Å²) in [6.07, 6.45) is 1.22. The van der Waals surface area contributed by atoms with Crippen molar-refractivity contribution in [3.63, 3.8) is 0 Å². The molecule has 0 N–H and O–H groups in total. The van der Waals surface area contributed by atoms with E-state index < -0.39 is 0 Å². The zero-order chi connectivity index (χ0) is 13.7. The third-order valence-electron chi connectivity index (χ3n) is 3.48. The van der Waals surface area contributed by atoms with Gasteiger partial charge in [0.2, 0.25) is 0 Å². The van der Waals surface area contributed by atoms with Crippen LogP contribution < -0.4 is 56.3 Å². The number of anilines is 1. The molecule has 1 aromatic heterocycles. The van der Waals surface area contributed by atoms with Gasteiger partial charge in [-0.05, 0) is 26.9 Å². The SMILES string of the molecule is CCCN(C)CCN(CC)c1ccc2c[c-]sc2c1.[K+]. The Kier molecular flexibility index (Phi) is 8.91. The normalized spacial score (nSPS) is 10.8. The van der Waals surface area contributed by atoms with Crippen molar-refractivity contribution in [2.75, 3.05) is 38.1 Å². The molecule has 0 aliphatic heterocycles. The van der Waals surface area contributed by atoms with Gasteiger partial charge in [-0.3, -0.25) is 11.3 Å². The van der Waals surface area contributed by atoms with Gasteiger partial charge in [-0.15, -0.1) is 16.1 Å². The summed E-state index contributed by atoms with van der Waals surface area (Å²) in [6, 6.07) is 8.79. The molecule has 4 heteroatoms. The largest absolute Gasteiger partial charge is 1.00 e. The van der Waals surface area contributed by atoms with Gasteiger partial charge >= 0.3 is 51.4 Å². The fourth-order valence-electron chi connectivity index (χ4n) is 2.34. The molecule has 0 fully saturated rings. The summed E-state index contributed by atoms with van der Waals surface area (Å²) in [7, 11) is 2.20. The average Bonchev–Trinajstić information content (AvgIpc) is 2.87. The zero-order valence-corrected chi connectivity index (χ0v) is 17.1. The second-order valence-corrected chi connectivity index (χ2v) is 5.85. The van der Waals surface area contributed by atoms with E-state index in [4.69, 9.17) is 0 Å². The molecule has 0 saturated heterocycles. The Morgan fingerprint density at radius 1 is 1.15 bits per heavy atom. The maximum atomic E-state index is 3.20. The third kappa shape index (κ3) is 5.09. The monoisotopic (exact) mass is 314 g/mol. The van der Waals surface area contributed by atoms with Crippen molar-refractivity contribution < 1.29 is 51.4 Å². The van der Waals surface area contributed by atoms with Crippen molar-refractivity contribution in [3.05, 3.63) is 29.6 Å². The number of hydrogen-bond donors (Lipinski definition) is 0. The topological polar surface area (TPSA) is 6.48 Å². The number of hydrogen-bond acceptors (Lipinski definition) is 3. The fraction of sp³-hybridized carbons (Fsp3) is 0.500. The van der Waals surface area contributed by atoms with E-state index in [2.05, 4.69) is 60.3 Å². The van der Waals surface area contributed by atoms with Crippen LogP contribution >= 0.6 is 11.3 Å². The van der Waals surface area contributed by atoms with E-state index in [1.165, 1.54) is 28.7 Å². The number of rotatable bonds is 7. The molecule has 0 radical (unpaired) electrons. The van der Waals surface area contributed by atoms with E-state index >= 15 is 0 Å². The molecule has 0 unspecified atom stereocenters. The summed E-state index contributed by atoms with van der Waals surface area (Å²) >= 11 is 1.70. The van der Waals surface area contributed by atoms with Crippen LogP contribution in [0.4, 0.5) is 5.69 Å². The van der Waals surface area contributed by atoms with Gasteiger partial charge in [0.1, 0.15) is 0 Å². The van der Waals surface area contributed by atoms with E-state index in [-0.39, 0.29) is 51.4 Å². The molecule has 0 spiro atoms. The van der Waals surface area contributed by atoms with Gasteiger partial charge in [-0.25, -0.2) is 0 Å². The zero-order valence-electron chi connectivity index (χ0n) is 13.1. The molecule has 104 valence electrons. The van der Waals surface area contributed by atoms with Gasteiger partial charge in [0.25, 0.3) is 0 Å². The molecule has 2 rings (SSSR count). The molecule has 0 saturated carbocycles. The number of fused-ring (bicyclic) bond motifs is 1. The van der Waals surface area contributed by atoms with Crippen molar-refractivity contribution in [2.45, 2.75) is 20.3 Å². The van der Waals surface area contributed by atoms with Crippen molar-refractivity contribution in [2.24, 2.45) is 0 Å².